The van der Waals surface area contributed by atoms with Crippen molar-refractivity contribution in [3.63, 3.8) is 0 Å². The standard InChI is InChI=1S/C26H32N4O4/c1-29(18-19-7-10-21(11-8-19)30-15-5-4-6-16-30)25(31)14-13-24-27-26(28-34-24)20-9-12-22(32-2)23(17-20)33-3/h7-12,17H,4-6,13-16,18H2,1-3H3. The van der Waals surface area contributed by atoms with E-state index in [0.29, 0.717) is 42.6 Å². The van der Waals surface area contributed by atoms with Gasteiger partial charge in [-0.2, -0.15) is 4.98 Å². The molecule has 1 saturated heterocycles. The van der Waals surface area contributed by atoms with Crippen molar-refractivity contribution < 1.29 is 18.8 Å². The number of amides is 1. The molecule has 1 aliphatic heterocycles. The second kappa shape index (κ2) is 11.0. The van der Waals surface area contributed by atoms with Gasteiger partial charge >= 0.3 is 0 Å². The van der Waals surface area contributed by atoms with Gasteiger partial charge in [0.2, 0.25) is 17.6 Å². The van der Waals surface area contributed by atoms with Crippen molar-refractivity contribution in [3.05, 3.63) is 53.9 Å². The molecule has 0 atom stereocenters. The highest BCUT2D eigenvalue weighted by molar-refractivity contribution is 5.76. The molecule has 34 heavy (non-hydrogen) atoms. The van der Waals surface area contributed by atoms with Crippen LogP contribution in [0.4, 0.5) is 5.69 Å². The summed E-state index contributed by atoms with van der Waals surface area (Å²) in [5.41, 5.74) is 3.13. The molecule has 0 bridgehead atoms. The number of rotatable bonds is 9. The zero-order valence-electron chi connectivity index (χ0n) is 20.1. The zero-order chi connectivity index (χ0) is 23.9. The van der Waals surface area contributed by atoms with Crippen molar-refractivity contribution in [1.29, 1.82) is 0 Å². The van der Waals surface area contributed by atoms with Crippen LogP contribution in [0.2, 0.25) is 0 Å². The Balaban J connectivity index is 1.29. The highest BCUT2D eigenvalue weighted by Crippen LogP contribution is 2.31. The predicted octanol–water partition coefficient (Wildman–Crippen LogP) is 4.34. The van der Waals surface area contributed by atoms with Crippen LogP contribution in [0.3, 0.4) is 0 Å². The Morgan fingerprint density at radius 2 is 1.76 bits per heavy atom. The Bertz CT molecular complexity index is 1090. The molecule has 1 aliphatic rings. The first-order valence-corrected chi connectivity index (χ1v) is 11.7. The van der Waals surface area contributed by atoms with E-state index in [1.165, 1.54) is 24.9 Å². The second-order valence-electron chi connectivity index (χ2n) is 8.55. The molecular weight excluding hydrogens is 432 g/mol. The number of anilines is 1. The molecule has 3 aromatic rings. The van der Waals surface area contributed by atoms with Gasteiger partial charge in [0.25, 0.3) is 0 Å². The quantitative estimate of drug-likeness (QED) is 0.466. The van der Waals surface area contributed by atoms with E-state index in [9.17, 15) is 4.79 Å². The first-order chi connectivity index (χ1) is 16.6. The summed E-state index contributed by atoms with van der Waals surface area (Å²) in [5.74, 6) is 2.13. The third-order valence-electron chi connectivity index (χ3n) is 6.17. The van der Waals surface area contributed by atoms with Crippen LogP contribution in [0, 0.1) is 0 Å². The lowest BCUT2D eigenvalue weighted by molar-refractivity contribution is -0.130. The summed E-state index contributed by atoms with van der Waals surface area (Å²) in [6.07, 6.45) is 4.53. The van der Waals surface area contributed by atoms with E-state index in [1.54, 1.807) is 31.3 Å². The summed E-state index contributed by atoms with van der Waals surface area (Å²) in [6, 6.07) is 14.0. The van der Waals surface area contributed by atoms with Crippen LogP contribution in [0.25, 0.3) is 11.4 Å². The van der Waals surface area contributed by atoms with Gasteiger partial charge in [0.1, 0.15) is 0 Å². The highest BCUT2D eigenvalue weighted by Gasteiger charge is 2.16. The summed E-state index contributed by atoms with van der Waals surface area (Å²) >= 11 is 0. The lowest BCUT2D eigenvalue weighted by atomic mass is 10.1. The predicted molar refractivity (Wildman–Crippen MR) is 130 cm³/mol. The van der Waals surface area contributed by atoms with Crippen molar-refractivity contribution >= 4 is 11.6 Å². The number of methoxy groups -OCH3 is 2. The third kappa shape index (κ3) is 5.68. The van der Waals surface area contributed by atoms with Gasteiger partial charge in [0, 0.05) is 50.8 Å². The largest absolute Gasteiger partial charge is 0.493 e. The number of ether oxygens (including phenoxy) is 2. The normalized spacial score (nSPS) is 13.6. The van der Waals surface area contributed by atoms with Gasteiger partial charge in [-0.15, -0.1) is 0 Å². The van der Waals surface area contributed by atoms with Crippen LogP contribution < -0.4 is 14.4 Å². The zero-order valence-corrected chi connectivity index (χ0v) is 20.1. The Labute approximate surface area is 200 Å². The van der Waals surface area contributed by atoms with Crippen molar-refractivity contribution in [3.8, 4) is 22.9 Å². The van der Waals surface area contributed by atoms with E-state index in [-0.39, 0.29) is 5.91 Å². The summed E-state index contributed by atoms with van der Waals surface area (Å²) in [6.45, 7) is 2.82. The molecule has 180 valence electrons. The fourth-order valence-electron chi connectivity index (χ4n) is 4.18. The number of aryl methyl sites for hydroxylation is 1. The lowest BCUT2D eigenvalue weighted by Crippen LogP contribution is -2.29. The van der Waals surface area contributed by atoms with Crippen molar-refractivity contribution in [2.45, 2.75) is 38.6 Å². The average molecular weight is 465 g/mol. The van der Waals surface area contributed by atoms with E-state index >= 15 is 0 Å². The SMILES string of the molecule is COc1ccc(-c2noc(CCC(=O)N(C)Cc3ccc(N4CCCCC4)cc3)n2)cc1OC. The van der Waals surface area contributed by atoms with Gasteiger partial charge in [-0.1, -0.05) is 17.3 Å². The minimum Gasteiger partial charge on any atom is -0.493 e. The summed E-state index contributed by atoms with van der Waals surface area (Å²) in [5, 5.41) is 4.04. The number of hydrogen-bond acceptors (Lipinski definition) is 7. The summed E-state index contributed by atoms with van der Waals surface area (Å²) < 4.78 is 16.0. The Morgan fingerprint density at radius 1 is 1.03 bits per heavy atom. The van der Waals surface area contributed by atoms with Crippen LogP contribution >= 0.6 is 0 Å². The van der Waals surface area contributed by atoms with Gasteiger partial charge in [0.05, 0.1) is 14.2 Å². The number of piperidine rings is 1. The molecule has 8 heteroatoms. The number of carbonyl (C=O) groups excluding carboxylic acids is 1. The first-order valence-electron chi connectivity index (χ1n) is 11.7. The summed E-state index contributed by atoms with van der Waals surface area (Å²) in [4.78, 5) is 21.3. The molecule has 8 nitrogen and oxygen atoms in total. The highest BCUT2D eigenvalue weighted by atomic mass is 16.5. The van der Waals surface area contributed by atoms with Crippen molar-refractivity contribution in [2.24, 2.45) is 0 Å². The van der Waals surface area contributed by atoms with Gasteiger partial charge in [-0.3, -0.25) is 4.79 Å². The molecule has 0 saturated carbocycles. The fraction of sp³-hybridized carbons (Fsp3) is 0.423. The maximum Gasteiger partial charge on any atom is 0.227 e. The smallest absolute Gasteiger partial charge is 0.227 e. The van der Waals surface area contributed by atoms with Crippen LogP contribution in [-0.4, -0.2) is 55.3 Å². The molecule has 0 unspecified atom stereocenters. The van der Waals surface area contributed by atoms with E-state index in [1.807, 2.05) is 13.1 Å². The molecule has 2 aromatic carbocycles. The number of carbonyl (C=O) groups is 1. The topological polar surface area (TPSA) is 80.9 Å². The Kier molecular flexibility index (Phi) is 7.67. The van der Waals surface area contributed by atoms with E-state index < -0.39 is 0 Å². The Morgan fingerprint density at radius 3 is 2.47 bits per heavy atom. The van der Waals surface area contributed by atoms with Crippen LogP contribution in [-0.2, 0) is 17.8 Å². The molecule has 4 rings (SSSR count). The van der Waals surface area contributed by atoms with E-state index in [0.717, 1.165) is 24.2 Å². The molecule has 0 spiro atoms. The second-order valence-corrected chi connectivity index (χ2v) is 8.55. The van der Waals surface area contributed by atoms with Crippen LogP contribution in [0.5, 0.6) is 11.5 Å². The lowest BCUT2D eigenvalue weighted by Gasteiger charge is -2.29. The molecule has 1 fully saturated rings. The molecule has 0 N–H and O–H groups in total. The number of aromatic nitrogens is 2. The van der Waals surface area contributed by atoms with Gasteiger partial charge in [0.15, 0.2) is 11.5 Å². The van der Waals surface area contributed by atoms with Crippen molar-refractivity contribution in [1.82, 2.24) is 15.0 Å². The Hall–Kier alpha value is -3.55. The molecule has 0 radical (unpaired) electrons. The van der Waals surface area contributed by atoms with E-state index in [2.05, 4.69) is 39.3 Å². The molecule has 0 aliphatic carbocycles. The van der Waals surface area contributed by atoms with Crippen LogP contribution in [0.15, 0.2) is 47.0 Å². The van der Waals surface area contributed by atoms with Gasteiger partial charge in [-0.25, -0.2) is 0 Å². The maximum atomic E-state index is 12.7. The third-order valence-corrected chi connectivity index (χ3v) is 6.17. The molecule has 2 heterocycles. The minimum atomic E-state index is 0.0333. The molecule has 1 amide bonds. The maximum absolute atomic E-state index is 12.7. The number of benzene rings is 2. The fourth-order valence-corrected chi connectivity index (χ4v) is 4.18. The number of hydrogen-bond donors (Lipinski definition) is 0. The molecule has 1 aromatic heterocycles. The van der Waals surface area contributed by atoms with E-state index in [4.69, 9.17) is 14.0 Å². The monoisotopic (exact) mass is 464 g/mol. The average Bonchev–Trinajstić information content (AvgIpc) is 3.37. The van der Waals surface area contributed by atoms with Crippen molar-refractivity contribution in [2.75, 3.05) is 39.3 Å². The minimum absolute atomic E-state index is 0.0333. The van der Waals surface area contributed by atoms with Gasteiger partial charge < -0.3 is 23.8 Å². The van der Waals surface area contributed by atoms with Crippen LogP contribution in [0.1, 0.15) is 37.1 Å². The first kappa shape index (κ1) is 23.6. The number of nitrogens with zero attached hydrogens (tertiary/aromatic N) is 4. The van der Waals surface area contributed by atoms with Gasteiger partial charge in [-0.05, 0) is 55.2 Å². The summed E-state index contributed by atoms with van der Waals surface area (Å²) in [7, 11) is 4.99. The molecular formula is C26H32N4O4.